The second kappa shape index (κ2) is 7.45. The van der Waals surface area contributed by atoms with Crippen LogP contribution in [0.1, 0.15) is 39.2 Å². The van der Waals surface area contributed by atoms with E-state index in [0.29, 0.717) is 5.41 Å². The summed E-state index contributed by atoms with van der Waals surface area (Å²) in [5.41, 5.74) is 1.87. The Morgan fingerprint density at radius 2 is 1.92 bits per heavy atom. The van der Waals surface area contributed by atoms with Gasteiger partial charge in [-0.05, 0) is 60.6 Å². The zero-order valence-corrected chi connectivity index (χ0v) is 15.8. The summed E-state index contributed by atoms with van der Waals surface area (Å²) in [6, 6.07) is 9.01. The van der Waals surface area contributed by atoms with Gasteiger partial charge in [-0.1, -0.05) is 39.0 Å². The lowest BCUT2D eigenvalue weighted by Gasteiger charge is -2.62. The molecule has 0 aromatic heterocycles. The Bertz CT molecular complexity index is 542. The van der Waals surface area contributed by atoms with Crippen molar-refractivity contribution in [3.63, 3.8) is 0 Å². The van der Waals surface area contributed by atoms with Crippen LogP contribution in [0, 0.1) is 23.2 Å². The van der Waals surface area contributed by atoms with Crippen molar-refractivity contribution >= 4 is 0 Å². The second-order valence-corrected chi connectivity index (χ2v) is 8.33. The summed E-state index contributed by atoms with van der Waals surface area (Å²) < 4.78 is 5.41. The standard InChI is InChI=1S/C21H34N2O/c1-15-18-13-17(21(18,2)3)14-19(15)23-12-11-22-10-9-16-7-5-6-8-20(16)24-4/h5-8,15,17-19,22-23H,9-14H2,1-4H3/t15-,17-,18+,19-/m1/s1. The molecule has 2 bridgehead atoms. The Hall–Kier alpha value is -1.06. The molecule has 0 radical (unpaired) electrons. The van der Waals surface area contributed by atoms with Crippen molar-refractivity contribution in [3.05, 3.63) is 29.8 Å². The van der Waals surface area contributed by atoms with E-state index in [0.717, 1.165) is 55.6 Å². The highest BCUT2D eigenvalue weighted by Gasteiger charge is 2.55. The lowest BCUT2D eigenvalue weighted by atomic mass is 9.45. The summed E-state index contributed by atoms with van der Waals surface area (Å²) >= 11 is 0. The van der Waals surface area contributed by atoms with Gasteiger partial charge >= 0.3 is 0 Å². The van der Waals surface area contributed by atoms with Crippen molar-refractivity contribution in [2.45, 2.75) is 46.1 Å². The smallest absolute Gasteiger partial charge is 0.122 e. The van der Waals surface area contributed by atoms with Gasteiger partial charge in [-0.15, -0.1) is 0 Å². The molecule has 3 nitrogen and oxygen atoms in total. The van der Waals surface area contributed by atoms with Gasteiger partial charge in [0, 0.05) is 19.1 Å². The summed E-state index contributed by atoms with van der Waals surface area (Å²) in [5.74, 6) is 3.68. The van der Waals surface area contributed by atoms with E-state index in [-0.39, 0.29) is 0 Å². The van der Waals surface area contributed by atoms with Crippen LogP contribution >= 0.6 is 0 Å². The van der Waals surface area contributed by atoms with E-state index >= 15 is 0 Å². The quantitative estimate of drug-likeness (QED) is 0.716. The summed E-state index contributed by atoms with van der Waals surface area (Å²) in [6.07, 6.45) is 3.84. The predicted molar refractivity (Wildman–Crippen MR) is 101 cm³/mol. The minimum atomic E-state index is 0.588. The van der Waals surface area contributed by atoms with Crippen LogP contribution in [0.15, 0.2) is 24.3 Å². The third-order valence-corrected chi connectivity index (χ3v) is 6.83. The fourth-order valence-electron chi connectivity index (χ4n) is 5.02. The number of hydrogen-bond acceptors (Lipinski definition) is 3. The molecule has 0 saturated heterocycles. The molecule has 0 amide bonds. The number of nitrogens with one attached hydrogen (secondary N) is 2. The first-order valence-corrected chi connectivity index (χ1v) is 9.60. The van der Waals surface area contributed by atoms with E-state index in [2.05, 4.69) is 43.5 Å². The summed E-state index contributed by atoms with van der Waals surface area (Å²) in [5, 5.41) is 7.36. The molecule has 24 heavy (non-hydrogen) atoms. The van der Waals surface area contributed by atoms with Crippen molar-refractivity contribution in [1.82, 2.24) is 10.6 Å². The first-order valence-electron chi connectivity index (χ1n) is 9.60. The molecule has 3 heteroatoms. The first kappa shape index (κ1) is 17.8. The molecule has 3 fully saturated rings. The average molecular weight is 331 g/mol. The molecule has 134 valence electrons. The number of hydrogen-bond donors (Lipinski definition) is 2. The summed E-state index contributed by atoms with van der Waals surface area (Å²) in [4.78, 5) is 0. The maximum atomic E-state index is 5.41. The predicted octanol–water partition coefficient (Wildman–Crippen LogP) is 3.49. The van der Waals surface area contributed by atoms with Crippen molar-refractivity contribution in [1.29, 1.82) is 0 Å². The van der Waals surface area contributed by atoms with Crippen molar-refractivity contribution in [2.75, 3.05) is 26.7 Å². The van der Waals surface area contributed by atoms with Crippen LogP contribution in [-0.4, -0.2) is 32.8 Å². The SMILES string of the molecule is COc1ccccc1CCNCCN[C@@H]1C[C@H]2C[C@@H]([C@H]1C)C2(C)C. The molecule has 0 heterocycles. The molecule has 2 N–H and O–H groups in total. The topological polar surface area (TPSA) is 33.3 Å². The Morgan fingerprint density at radius 3 is 2.62 bits per heavy atom. The molecular formula is C21H34N2O. The highest BCUT2D eigenvalue weighted by molar-refractivity contribution is 5.33. The molecule has 0 unspecified atom stereocenters. The minimum Gasteiger partial charge on any atom is -0.496 e. The Labute approximate surface area is 147 Å². The third kappa shape index (κ3) is 3.48. The second-order valence-electron chi connectivity index (χ2n) is 8.33. The van der Waals surface area contributed by atoms with Gasteiger partial charge in [-0.2, -0.15) is 0 Å². The van der Waals surface area contributed by atoms with Gasteiger partial charge < -0.3 is 15.4 Å². The van der Waals surface area contributed by atoms with Gasteiger partial charge in [-0.25, -0.2) is 0 Å². The lowest BCUT2D eigenvalue weighted by molar-refractivity contribution is -0.114. The molecule has 4 atom stereocenters. The number of ether oxygens (including phenoxy) is 1. The van der Waals surface area contributed by atoms with Gasteiger partial charge in [0.1, 0.15) is 5.75 Å². The van der Waals surface area contributed by atoms with E-state index in [1.54, 1.807) is 7.11 Å². The Kier molecular flexibility index (Phi) is 5.51. The fourth-order valence-corrected chi connectivity index (χ4v) is 5.02. The lowest BCUT2D eigenvalue weighted by Crippen LogP contribution is -2.60. The monoisotopic (exact) mass is 330 g/mol. The average Bonchev–Trinajstić information content (AvgIpc) is 2.58. The largest absolute Gasteiger partial charge is 0.496 e. The molecule has 4 rings (SSSR count). The highest BCUT2D eigenvalue weighted by Crippen LogP contribution is 2.61. The molecule has 1 aromatic carbocycles. The number of benzene rings is 1. The maximum absolute atomic E-state index is 5.41. The van der Waals surface area contributed by atoms with Gasteiger partial charge in [0.2, 0.25) is 0 Å². The van der Waals surface area contributed by atoms with Crippen LogP contribution in [0.25, 0.3) is 0 Å². The van der Waals surface area contributed by atoms with Gasteiger partial charge in [0.15, 0.2) is 0 Å². The van der Waals surface area contributed by atoms with Crippen molar-refractivity contribution in [3.8, 4) is 5.75 Å². The number of rotatable bonds is 8. The van der Waals surface area contributed by atoms with Crippen LogP contribution in [0.4, 0.5) is 0 Å². The molecule has 0 spiro atoms. The summed E-state index contributed by atoms with van der Waals surface area (Å²) in [6.45, 7) is 10.5. The Balaban J connectivity index is 1.32. The normalized spacial score (nSPS) is 30.7. The van der Waals surface area contributed by atoms with E-state index in [1.165, 1.54) is 18.4 Å². The van der Waals surface area contributed by atoms with Crippen LogP contribution < -0.4 is 15.4 Å². The molecule has 1 aromatic rings. The van der Waals surface area contributed by atoms with Crippen LogP contribution in [-0.2, 0) is 6.42 Å². The molecule has 3 aliphatic rings. The third-order valence-electron chi connectivity index (χ3n) is 6.83. The zero-order chi connectivity index (χ0) is 17.2. The molecule has 3 aliphatic carbocycles. The molecule has 0 aliphatic heterocycles. The van der Waals surface area contributed by atoms with E-state index in [1.807, 2.05) is 12.1 Å². The maximum Gasteiger partial charge on any atom is 0.122 e. The van der Waals surface area contributed by atoms with E-state index in [9.17, 15) is 0 Å². The molecular weight excluding hydrogens is 296 g/mol. The van der Waals surface area contributed by atoms with Crippen LogP contribution in [0.5, 0.6) is 5.75 Å². The van der Waals surface area contributed by atoms with Gasteiger partial charge in [0.05, 0.1) is 7.11 Å². The number of para-hydroxylation sites is 1. The fraction of sp³-hybridized carbons (Fsp3) is 0.714. The number of fused-ring (bicyclic) bond motifs is 2. The van der Waals surface area contributed by atoms with Crippen molar-refractivity contribution < 1.29 is 4.74 Å². The van der Waals surface area contributed by atoms with Gasteiger partial charge in [-0.3, -0.25) is 0 Å². The highest BCUT2D eigenvalue weighted by atomic mass is 16.5. The Morgan fingerprint density at radius 1 is 1.12 bits per heavy atom. The van der Waals surface area contributed by atoms with E-state index < -0.39 is 0 Å². The molecule has 3 saturated carbocycles. The first-order chi connectivity index (χ1) is 11.5. The zero-order valence-electron chi connectivity index (χ0n) is 15.8. The van der Waals surface area contributed by atoms with E-state index in [4.69, 9.17) is 4.74 Å². The summed E-state index contributed by atoms with van der Waals surface area (Å²) in [7, 11) is 1.74. The minimum absolute atomic E-state index is 0.588. The van der Waals surface area contributed by atoms with Crippen LogP contribution in [0.3, 0.4) is 0 Å². The number of methoxy groups -OCH3 is 1. The van der Waals surface area contributed by atoms with Crippen LogP contribution in [0.2, 0.25) is 0 Å². The van der Waals surface area contributed by atoms with Gasteiger partial charge in [0.25, 0.3) is 0 Å². The van der Waals surface area contributed by atoms with Crippen molar-refractivity contribution in [2.24, 2.45) is 23.2 Å².